The number of nitrogens with zero attached hydrogens (tertiary/aromatic N) is 2. The second kappa shape index (κ2) is 14.6. The number of rotatable bonds is 8. The van der Waals surface area contributed by atoms with Gasteiger partial charge in [-0.2, -0.15) is 11.3 Å². The third-order valence-electron chi connectivity index (χ3n) is 9.98. The van der Waals surface area contributed by atoms with Gasteiger partial charge in [0.25, 0.3) is 0 Å². The summed E-state index contributed by atoms with van der Waals surface area (Å²) in [4.78, 5) is 21.6. The van der Waals surface area contributed by atoms with Crippen LogP contribution < -0.4 is 0 Å². The van der Waals surface area contributed by atoms with E-state index in [2.05, 4.69) is 72.9 Å². The van der Waals surface area contributed by atoms with Crippen molar-refractivity contribution in [1.29, 1.82) is 0 Å². The molecule has 6 rings (SSSR count). The number of aliphatic hydroxyl groups is 1. The zero-order valence-corrected chi connectivity index (χ0v) is 33.7. The molecule has 0 saturated heterocycles. The van der Waals surface area contributed by atoms with Crippen LogP contribution in [0.5, 0.6) is 0 Å². The Bertz CT molecular complexity index is 2050. The monoisotopic (exact) mass is 862 g/mol. The van der Waals surface area contributed by atoms with Crippen molar-refractivity contribution in [2.45, 2.75) is 93.4 Å². The minimum Gasteiger partial charge on any atom is -0.512 e. The molecule has 4 aromatic heterocycles. The Balaban J connectivity index is 0.000000242. The molecule has 47 heavy (non-hydrogen) atoms. The molecule has 0 bridgehead atoms. The van der Waals surface area contributed by atoms with Crippen molar-refractivity contribution in [3.8, 4) is 11.3 Å². The number of carbonyl (C=O) groups is 1. The van der Waals surface area contributed by atoms with E-state index in [1.807, 2.05) is 41.5 Å². The van der Waals surface area contributed by atoms with E-state index in [4.69, 9.17) is 4.98 Å². The van der Waals surface area contributed by atoms with Gasteiger partial charge in [0.1, 0.15) is 12.1 Å². The maximum absolute atomic E-state index is 12.2. The number of allylic oxidation sites excluding steroid dienone is 2. The van der Waals surface area contributed by atoms with E-state index in [-0.39, 0.29) is 47.9 Å². The summed E-state index contributed by atoms with van der Waals surface area (Å²) < 4.78 is 5.09. The zero-order valence-electron chi connectivity index (χ0n) is 28.8. The molecule has 0 saturated carbocycles. The van der Waals surface area contributed by atoms with Gasteiger partial charge in [-0.25, -0.2) is 4.98 Å². The summed E-state index contributed by atoms with van der Waals surface area (Å²) in [5.41, 5.74) is 3.89. The van der Waals surface area contributed by atoms with Crippen LogP contribution in [0.1, 0.15) is 93.6 Å². The first-order chi connectivity index (χ1) is 21.8. The van der Waals surface area contributed by atoms with E-state index >= 15 is 0 Å². The predicted molar refractivity (Wildman–Crippen MR) is 202 cm³/mol. The largest absolute Gasteiger partial charge is 0.512 e. The number of benzene rings is 2. The summed E-state index contributed by atoms with van der Waals surface area (Å²) in [7, 11) is 0. The van der Waals surface area contributed by atoms with Crippen molar-refractivity contribution in [2.24, 2.45) is 10.8 Å². The van der Waals surface area contributed by atoms with Crippen molar-refractivity contribution in [1.82, 2.24) is 9.97 Å². The normalized spacial score (nSPS) is 12.8. The van der Waals surface area contributed by atoms with Crippen LogP contribution >= 0.6 is 34.0 Å². The van der Waals surface area contributed by atoms with Crippen LogP contribution in [0, 0.1) is 16.9 Å². The average Bonchev–Trinajstić information content (AvgIpc) is 3.81. The number of carbonyl (C=O) groups excluding carboxylic acids is 1. The van der Waals surface area contributed by atoms with Crippen LogP contribution in [0.4, 0.5) is 0 Å². The first kappa shape index (κ1) is 37.3. The van der Waals surface area contributed by atoms with Gasteiger partial charge in [-0.3, -0.25) is 9.78 Å². The van der Waals surface area contributed by atoms with Crippen molar-refractivity contribution in [3.63, 3.8) is 0 Å². The zero-order chi connectivity index (χ0) is 33.4. The van der Waals surface area contributed by atoms with Crippen molar-refractivity contribution in [2.75, 3.05) is 0 Å². The Hall–Kier alpha value is -2.48. The van der Waals surface area contributed by atoms with Crippen LogP contribution in [-0.2, 0) is 30.3 Å². The van der Waals surface area contributed by atoms with Crippen LogP contribution in [0.25, 0.3) is 51.7 Å². The van der Waals surface area contributed by atoms with Crippen molar-refractivity contribution >= 4 is 80.3 Å². The Morgan fingerprint density at radius 1 is 0.830 bits per heavy atom. The van der Waals surface area contributed by atoms with Gasteiger partial charge in [0.05, 0.1) is 5.52 Å². The van der Waals surface area contributed by atoms with Crippen molar-refractivity contribution in [3.05, 3.63) is 70.9 Å². The standard InChI is InChI=1S/C24H17N2S3.C15H28O2.Ir/c1-24(2,3)17-11-14(10-13-6-8-28-21(13)17)19-23-20(26-12-25-19)16-4-5-18-15(7-9-27-18)22(16)29-23;1-7-14(5,8-2)12(16)11-13(17)15(6,9-3)10-4;/h4-9,11-12H,1-3H3;11,16H,7-10H2,1-6H3;/q-1;;/b;12-11-;. The number of aromatic nitrogens is 2. The van der Waals surface area contributed by atoms with E-state index < -0.39 is 0 Å². The van der Waals surface area contributed by atoms with Crippen LogP contribution in [0.2, 0.25) is 0 Å². The molecule has 0 aliphatic heterocycles. The fourth-order valence-corrected chi connectivity index (χ4v) is 8.87. The molecule has 0 fully saturated rings. The second-order valence-electron chi connectivity index (χ2n) is 13.7. The first-order valence-electron chi connectivity index (χ1n) is 16.2. The molecule has 0 unspecified atom stereocenters. The Morgan fingerprint density at radius 2 is 1.49 bits per heavy atom. The summed E-state index contributed by atoms with van der Waals surface area (Å²) in [6, 6.07) is 14.7. The molecule has 0 aliphatic rings. The first-order valence-corrected chi connectivity index (χ1v) is 18.8. The number of fused-ring (bicyclic) bond motifs is 6. The van der Waals surface area contributed by atoms with Gasteiger partial charge < -0.3 is 5.11 Å². The molecular formula is C39H45IrN2O2S3-. The molecule has 8 heteroatoms. The van der Waals surface area contributed by atoms with E-state index in [0.29, 0.717) is 0 Å². The van der Waals surface area contributed by atoms with Gasteiger partial charge in [0, 0.05) is 67.6 Å². The summed E-state index contributed by atoms with van der Waals surface area (Å²) in [5.74, 6) is 0.286. The van der Waals surface area contributed by atoms with Gasteiger partial charge in [-0.1, -0.05) is 73.4 Å². The minimum absolute atomic E-state index is 0. The SMILES string of the molecule is CC(C)(C)c1cc(-c2ncnc3c2sc2c4ccsc4ccc32)[c-]c2ccsc12.CCC(C)(CC)C(=O)/C=C(\O)C(C)(CC)CC.[Ir]. The minimum atomic E-state index is -0.337. The number of ketones is 1. The third kappa shape index (κ3) is 7.14. The van der Waals surface area contributed by atoms with Gasteiger partial charge in [0.15, 0.2) is 5.78 Å². The summed E-state index contributed by atoms with van der Waals surface area (Å²) in [5, 5.41) is 18.2. The van der Waals surface area contributed by atoms with Crippen LogP contribution in [0.3, 0.4) is 0 Å². The molecule has 251 valence electrons. The summed E-state index contributed by atoms with van der Waals surface area (Å²) in [6.45, 7) is 18.9. The molecule has 2 aromatic carbocycles. The topological polar surface area (TPSA) is 63.1 Å². The fraction of sp³-hybridized carbons (Fsp3) is 0.410. The predicted octanol–water partition coefficient (Wildman–Crippen LogP) is 12.7. The van der Waals surface area contributed by atoms with E-state index in [0.717, 1.165) is 47.2 Å². The molecule has 4 nitrogen and oxygen atoms in total. The summed E-state index contributed by atoms with van der Waals surface area (Å²) in [6.07, 6.45) is 6.45. The molecule has 0 aliphatic carbocycles. The molecule has 4 heterocycles. The molecule has 0 amide bonds. The molecular weight excluding hydrogens is 817 g/mol. The number of hydrogen-bond donors (Lipinski definition) is 1. The van der Waals surface area contributed by atoms with Crippen LogP contribution in [0.15, 0.2) is 59.3 Å². The number of thiophene rings is 3. The van der Waals surface area contributed by atoms with Crippen LogP contribution in [-0.4, -0.2) is 20.9 Å². The van der Waals surface area contributed by atoms with E-state index in [9.17, 15) is 9.90 Å². The van der Waals surface area contributed by atoms with Crippen molar-refractivity contribution < 1.29 is 30.0 Å². The molecule has 6 aromatic rings. The maximum Gasteiger partial charge on any atom is 0.164 e. The molecule has 0 spiro atoms. The smallest absolute Gasteiger partial charge is 0.164 e. The fourth-order valence-electron chi connectivity index (χ4n) is 5.65. The molecule has 1 radical (unpaired) electrons. The molecule has 0 atom stereocenters. The molecule has 1 N–H and O–H groups in total. The average molecular weight is 862 g/mol. The summed E-state index contributed by atoms with van der Waals surface area (Å²) >= 11 is 5.38. The Morgan fingerprint density at radius 3 is 2.13 bits per heavy atom. The number of aliphatic hydroxyl groups excluding tert-OH is 1. The van der Waals surface area contributed by atoms with E-state index in [1.54, 1.807) is 40.3 Å². The quantitative estimate of drug-likeness (QED) is 0.0941. The van der Waals surface area contributed by atoms with Gasteiger partial charge in [-0.05, 0) is 64.8 Å². The van der Waals surface area contributed by atoms with E-state index in [1.165, 1.54) is 41.9 Å². The van der Waals surface area contributed by atoms with Gasteiger partial charge in [0.2, 0.25) is 0 Å². The van der Waals surface area contributed by atoms with Gasteiger partial charge in [-0.15, -0.1) is 46.3 Å². The number of hydrogen-bond acceptors (Lipinski definition) is 7. The second-order valence-corrected chi connectivity index (χ2v) is 16.6. The third-order valence-corrected chi connectivity index (χ3v) is 13.0. The van der Waals surface area contributed by atoms with Gasteiger partial charge >= 0.3 is 0 Å². The maximum atomic E-state index is 12.2. The Kier molecular flexibility index (Phi) is 11.6. The Labute approximate surface area is 304 Å².